The van der Waals surface area contributed by atoms with Crippen molar-refractivity contribution in [1.82, 2.24) is 20.1 Å². The molecule has 126 valence electrons. The van der Waals surface area contributed by atoms with Gasteiger partial charge in [-0.25, -0.2) is 0 Å². The van der Waals surface area contributed by atoms with Crippen LogP contribution in [0.1, 0.15) is 32.4 Å². The first-order valence-corrected chi connectivity index (χ1v) is 8.35. The molecule has 1 atom stereocenters. The van der Waals surface area contributed by atoms with E-state index in [0.29, 0.717) is 19.6 Å². The van der Waals surface area contributed by atoms with Crippen LogP contribution in [0.15, 0.2) is 24.4 Å². The van der Waals surface area contributed by atoms with Gasteiger partial charge in [0.05, 0.1) is 24.8 Å². The van der Waals surface area contributed by atoms with E-state index in [1.807, 2.05) is 41.8 Å². The van der Waals surface area contributed by atoms with E-state index in [-0.39, 0.29) is 24.4 Å². The summed E-state index contributed by atoms with van der Waals surface area (Å²) in [6.45, 7) is 6.89. The summed E-state index contributed by atoms with van der Waals surface area (Å²) in [5.41, 5.74) is 0.832. The minimum Gasteiger partial charge on any atom is -0.349 e. The third-order valence-corrected chi connectivity index (χ3v) is 4.26. The number of carbonyl (C=O) groups is 2. The Morgan fingerprint density at radius 3 is 2.78 bits per heavy atom. The Bertz CT molecular complexity index is 517. The fraction of sp³-hybridized carbons (Fsp3) is 0.588. The van der Waals surface area contributed by atoms with Crippen LogP contribution < -0.4 is 5.32 Å². The normalized spacial score (nSPS) is 17.9. The molecule has 6 heteroatoms. The maximum Gasteiger partial charge on any atom is 0.239 e. The molecule has 0 saturated carbocycles. The van der Waals surface area contributed by atoms with Gasteiger partial charge >= 0.3 is 0 Å². The van der Waals surface area contributed by atoms with Crippen molar-refractivity contribution in [2.45, 2.75) is 39.3 Å². The lowest BCUT2D eigenvalue weighted by molar-refractivity contribution is -0.136. The number of pyridine rings is 1. The Morgan fingerprint density at radius 2 is 2.13 bits per heavy atom. The van der Waals surface area contributed by atoms with E-state index in [2.05, 4.69) is 10.3 Å². The molecule has 1 fully saturated rings. The molecular formula is C17H26N4O2. The third kappa shape index (κ3) is 4.76. The Balaban J connectivity index is 1.85. The summed E-state index contributed by atoms with van der Waals surface area (Å²) in [5, 5.41) is 2.87. The van der Waals surface area contributed by atoms with E-state index >= 15 is 0 Å². The zero-order valence-corrected chi connectivity index (χ0v) is 14.0. The van der Waals surface area contributed by atoms with Gasteiger partial charge in [0.2, 0.25) is 11.8 Å². The van der Waals surface area contributed by atoms with Crippen molar-refractivity contribution in [1.29, 1.82) is 0 Å². The molecule has 23 heavy (non-hydrogen) atoms. The number of carbonyl (C=O) groups excluding carboxylic acids is 2. The number of likely N-dealkylation sites (N-methyl/N-ethyl adjacent to an activating group) is 1. The summed E-state index contributed by atoms with van der Waals surface area (Å²) in [5.74, 6) is 0.0833. The average Bonchev–Trinajstić information content (AvgIpc) is 3.03. The largest absolute Gasteiger partial charge is 0.349 e. The fourth-order valence-corrected chi connectivity index (χ4v) is 2.97. The Morgan fingerprint density at radius 1 is 1.35 bits per heavy atom. The molecule has 2 amide bonds. The van der Waals surface area contributed by atoms with Crippen LogP contribution >= 0.6 is 0 Å². The van der Waals surface area contributed by atoms with Crippen LogP contribution in [0, 0.1) is 0 Å². The lowest BCUT2D eigenvalue weighted by Gasteiger charge is -2.28. The highest BCUT2D eigenvalue weighted by Gasteiger charge is 2.33. The second-order valence-electron chi connectivity index (χ2n) is 5.74. The highest BCUT2D eigenvalue weighted by Crippen LogP contribution is 2.19. The van der Waals surface area contributed by atoms with Gasteiger partial charge in [0.1, 0.15) is 0 Å². The molecule has 0 radical (unpaired) electrons. The number of aromatic nitrogens is 1. The van der Waals surface area contributed by atoms with Gasteiger partial charge in [-0.15, -0.1) is 0 Å². The van der Waals surface area contributed by atoms with E-state index in [4.69, 9.17) is 0 Å². The molecule has 0 bridgehead atoms. The molecule has 1 N–H and O–H groups in total. The number of hydrogen-bond donors (Lipinski definition) is 1. The lowest BCUT2D eigenvalue weighted by Crippen LogP contribution is -2.48. The van der Waals surface area contributed by atoms with Crippen molar-refractivity contribution >= 4 is 11.8 Å². The zero-order chi connectivity index (χ0) is 16.7. The zero-order valence-electron chi connectivity index (χ0n) is 14.0. The molecule has 1 aromatic heterocycles. The summed E-state index contributed by atoms with van der Waals surface area (Å²) in [4.78, 5) is 32.7. The quantitative estimate of drug-likeness (QED) is 0.815. The molecular weight excluding hydrogens is 292 g/mol. The van der Waals surface area contributed by atoms with Crippen molar-refractivity contribution in [2.75, 3.05) is 26.2 Å². The first-order chi connectivity index (χ1) is 11.2. The lowest BCUT2D eigenvalue weighted by atomic mass is 10.2. The smallest absolute Gasteiger partial charge is 0.239 e. The second kappa shape index (κ2) is 8.62. The molecule has 1 unspecified atom stereocenters. The molecule has 2 heterocycles. The third-order valence-electron chi connectivity index (χ3n) is 4.26. The summed E-state index contributed by atoms with van der Waals surface area (Å²) in [6.07, 6.45) is 3.51. The number of likely N-dealkylation sites (tertiary alicyclic amines) is 1. The van der Waals surface area contributed by atoms with Crippen LogP contribution in [0.25, 0.3) is 0 Å². The predicted molar refractivity (Wildman–Crippen MR) is 88.6 cm³/mol. The first-order valence-electron chi connectivity index (χ1n) is 8.35. The maximum atomic E-state index is 12.5. The minimum absolute atomic E-state index is 0.0603. The molecule has 2 rings (SSSR count). The van der Waals surface area contributed by atoms with Crippen molar-refractivity contribution in [3.63, 3.8) is 0 Å². The molecule has 1 aliphatic rings. The summed E-state index contributed by atoms with van der Waals surface area (Å²) in [7, 11) is 0. The van der Waals surface area contributed by atoms with Crippen LogP contribution in [-0.2, 0) is 16.1 Å². The van der Waals surface area contributed by atoms with Crippen molar-refractivity contribution in [2.24, 2.45) is 0 Å². The standard InChI is InChI=1S/C17H26N4O2/c1-3-20(4-2)17(23)15-9-7-11-21(15)13-16(22)19-12-14-8-5-6-10-18-14/h5-6,8,10,15H,3-4,7,9,11-13H2,1-2H3,(H,19,22). The minimum atomic E-state index is -0.157. The van der Waals surface area contributed by atoms with E-state index in [1.165, 1.54) is 0 Å². The highest BCUT2D eigenvalue weighted by molar-refractivity contribution is 5.84. The molecule has 1 aliphatic heterocycles. The number of rotatable bonds is 7. The van der Waals surface area contributed by atoms with E-state index in [0.717, 1.165) is 25.1 Å². The number of nitrogens with zero attached hydrogens (tertiary/aromatic N) is 3. The SMILES string of the molecule is CCN(CC)C(=O)C1CCCN1CC(=O)NCc1ccccn1. The van der Waals surface area contributed by atoms with Gasteiger partial charge < -0.3 is 10.2 Å². The molecule has 0 spiro atoms. The van der Waals surface area contributed by atoms with Crippen molar-refractivity contribution < 1.29 is 9.59 Å². The Kier molecular flexibility index (Phi) is 6.52. The van der Waals surface area contributed by atoms with Gasteiger partial charge in [0, 0.05) is 19.3 Å². The van der Waals surface area contributed by atoms with Crippen LogP contribution in [0.2, 0.25) is 0 Å². The van der Waals surface area contributed by atoms with Crippen LogP contribution in [0.4, 0.5) is 0 Å². The fourth-order valence-electron chi connectivity index (χ4n) is 2.97. The van der Waals surface area contributed by atoms with Crippen molar-refractivity contribution in [3.05, 3.63) is 30.1 Å². The summed E-state index contributed by atoms with van der Waals surface area (Å²) < 4.78 is 0. The van der Waals surface area contributed by atoms with Crippen LogP contribution in [-0.4, -0.2) is 58.8 Å². The van der Waals surface area contributed by atoms with Gasteiger partial charge in [-0.05, 0) is 45.4 Å². The summed E-state index contributed by atoms with van der Waals surface area (Å²) in [6, 6.07) is 5.46. The number of amides is 2. The monoisotopic (exact) mass is 318 g/mol. The Hall–Kier alpha value is -1.95. The maximum absolute atomic E-state index is 12.5. The second-order valence-corrected chi connectivity index (χ2v) is 5.74. The average molecular weight is 318 g/mol. The first kappa shape index (κ1) is 17.4. The Labute approximate surface area is 137 Å². The van der Waals surface area contributed by atoms with E-state index < -0.39 is 0 Å². The number of hydrogen-bond acceptors (Lipinski definition) is 4. The number of nitrogens with one attached hydrogen (secondary N) is 1. The van der Waals surface area contributed by atoms with Gasteiger partial charge in [-0.1, -0.05) is 6.07 Å². The predicted octanol–water partition coefficient (Wildman–Crippen LogP) is 1.03. The molecule has 1 aromatic rings. The van der Waals surface area contributed by atoms with E-state index in [1.54, 1.807) is 6.20 Å². The van der Waals surface area contributed by atoms with Gasteiger partial charge in [-0.3, -0.25) is 19.5 Å². The molecule has 0 aliphatic carbocycles. The molecule has 0 aromatic carbocycles. The van der Waals surface area contributed by atoms with Crippen molar-refractivity contribution in [3.8, 4) is 0 Å². The van der Waals surface area contributed by atoms with Gasteiger partial charge in [0.25, 0.3) is 0 Å². The van der Waals surface area contributed by atoms with Crippen LogP contribution in [0.3, 0.4) is 0 Å². The molecule has 1 saturated heterocycles. The van der Waals surface area contributed by atoms with Gasteiger partial charge in [0.15, 0.2) is 0 Å². The highest BCUT2D eigenvalue weighted by atomic mass is 16.2. The van der Waals surface area contributed by atoms with Crippen LogP contribution in [0.5, 0.6) is 0 Å². The topological polar surface area (TPSA) is 65.5 Å². The van der Waals surface area contributed by atoms with E-state index in [9.17, 15) is 9.59 Å². The summed E-state index contributed by atoms with van der Waals surface area (Å²) >= 11 is 0. The van der Waals surface area contributed by atoms with Gasteiger partial charge in [-0.2, -0.15) is 0 Å². The molecule has 6 nitrogen and oxygen atoms in total.